The molecule has 0 aliphatic rings. The smallest absolute Gasteiger partial charge is 0.236 e. The molecule has 1 aromatic carbocycles. The van der Waals surface area contributed by atoms with E-state index in [0.717, 1.165) is 0 Å². The summed E-state index contributed by atoms with van der Waals surface area (Å²) in [5.74, 6) is -0.134. The maximum absolute atomic E-state index is 12.6. The van der Waals surface area contributed by atoms with Gasteiger partial charge in [0, 0.05) is 0 Å². The van der Waals surface area contributed by atoms with Crippen LogP contribution in [0.25, 0.3) is 0 Å². The van der Waals surface area contributed by atoms with Crippen molar-refractivity contribution in [2.24, 2.45) is 0 Å². The van der Waals surface area contributed by atoms with E-state index in [9.17, 15) is 9.18 Å². The molecule has 0 amide bonds. The SMILES string of the molecule is COc1ccc(F)c([C]=O)c1. The van der Waals surface area contributed by atoms with Crippen LogP contribution in [0.15, 0.2) is 18.2 Å². The summed E-state index contributed by atoms with van der Waals surface area (Å²) in [6.07, 6.45) is 1.46. The molecule has 0 atom stereocenters. The molecule has 0 unspecified atom stereocenters. The molecule has 11 heavy (non-hydrogen) atoms. The molecule has 0 aliphatic carbocycles. The van der Waals surface area contributed by atoms with Gasteiger partial charge >= 0.3 is 0 Å². The molecule has 0 aliphatic heterocycles. The van der Waals surface area contributed by atoms with Crippen LogP contribution in [0.1, 0.15) is 5.56 Å². The first-order chi connectivity index (χ1) is 5.27. The van der Waals surface area contributed by atoms with Gasteiger partial charge in [-0.3, -0.25) is 4.79 Å². The van der Waals surface area contributed by atoms with E-state index in [4.69, 9.17) is 4.74 Å². The normalized spacial score (nSPS) is 9.27. The minimum atomic E-state index is -0.583. The van der Waals surface area contributed by atoms with Crippen molar-refractivity contribution in [3.63, 3.8) is 0 Å². The first-order valence-corrected chi connectivity index (χ1v) is 2.99. The molecule has 0 bridgehead atoms. The van der Waals surface area contributed by atoms with E-state index in [-0.39, 0.29) is 5.56 Å². The second-order valence-electron chi connectivity index (χ2n) is 1.95. The Balaban J connectivity index is 3.12. The van der Waals surface area contributed by atoms with E-state index < -0.39 is 5.82 Å². The van der Waals surface area contributed by atoms with E-state index in [0.29, 0.717) is 5.75 Å². The first kappa shape index (κ1) is 7.72. The van der Waals surface area contributed by atoms with Gasteiger partial charge in [0.25, 0.3) is 0 Å². The molecule has 1 radical (unpaired) electrons. The van der Waals surface area contributed by atoms with Crippen molar-refractivity contribution in [1.82, 2.24) is 0 Å². The van der Waals surface area contributed by atoms with Crippen LogP contribution in [0.3, 0.4) is 0 Å². The predicted octanol–water partition coefficient (Wildman–Crippen LogP) is 1.29. The number of methoxy groups -OCH3 is 1. The molecular formula is C8H6FO2. The molecule has 0 heterocycles. The van der Waals surface area contributed by atoms with Gasteiger partial charge in [0.2, 0.25) is 6.29 Å². The monoisotopic (exact) mass is 153 g/mol. The molecule has 57 valence electrons. The van der Waals surface area contributed by atoms with Crippen LogP contribution in [0.4, 0.5) is 4.39 Å². The van der Waals surface area contributed by atoms with Crippen LogP contribution >= 0.6 is 0 Å². The summed E-state index contributed by atoms with van der Waals surface area (Å²) in [4.78, 5) is 10.1. The molecule has 0 aromatic heterocycles. The van der Waals surface area contributed by atoms with Crippen LogP contribution in [-0.2, 0) is 4.79 Å². The Hall–Kier alpha value is -1.38. The van der Waals surface area contributed by atoms with Gasteiger partial charge in [-0.2, -0.15) is 0 Å². The number of hydrogen-bond donors (Lipinski definition) is 0. The third-order valence-electron chi connectivity index (χ3n) is 1.28. The largest absolute Gasteiger partial charge is 0.497 e. The van der Waals surface area contributed by atoms with Crippen molar-refractivity contribution in [2.45, 2.75) is 0 Å². The maximum Gasteiger partial charge on any atom is 0.236 e. The second kappa shape index (κ2) is 3.14. The topological polar surface area (TPSA) is 26.3 Å². The van der Waals surface area contributed by atoms with Crippen molar-refractivity contribution in [3.8, 4) is 5.75 Å². The lowest BCUT2D eigenvalue weighted by Crippen LogP contribution is -1.89. The summed E-state index contributed by atoms with van der Waals surface area (Å²) in [5.41, 5.74) is -0.107. The minimum Gasteiger partial charge on any atom is -0.497 e. The van der Waals surface area contributed by atoms with Crippen molar-refractivity contribution in [3.05, 3.63) is 29.6 Å². The molecule has 3 heteroatoms. The molecule has 0 saturated carbocycles. The quantitative estimate of drug-likeness (QED) is 0.640. The number of benzene rings is 1. The zero-order valence-electron chi connectivity index (χ0n) is 5.93. The Morgan fingerprint density at radius 3 is 2.82 bits per heavy atom. The average Bonchev–Trinajstić information content (AvgIpc) is 2.05. The highest BCUT2D eigenvalue weighted by Crippen LogP contribution is 2.14. The van der Waals surface area contributed by atoms with E-state index in [1.165, 1.54) is 31.6 Å². The van der Waals surface area contributed by atoms with E-state index in [1.807, 2.05) is 0 Å². The zero-order chi connectivity index (χ0) is 8.27. The molecule has 1 rings (SSSR count). The zero-order valence-corrected chi connectivity index (χ0v) is 5.93. The van der Waals surface area contributed by atoms with Crippen LogP contribution < -0.4 is 4.74 Å². The van der Waals surface area contributed by atoms with Gasteiger partial charge in [0.1, 0.15) is 11.6 Å². The van der Waals surface area contributed by atoms with E-state index in [2.05, 4.69) is 0 Å². The van der Waals surface area contributed by atoms with E-state index >= 15 is 0 Å². The van der Waals surface area contributed by atoms with Gasteiger partial charge in [-0.15, -0.1) is 0 Å². The lowest BCUT2D eigenvalue weighted by atomic mass is 10.2. The lowest BCUT2D eigenvalue weighted by molar-refractivity contribution is 0.413. The minimum absolute atomic E-state index is 0.107. The summed E-state index contributed by atoms with van der Waals surface area (Å²) in [7, 11) is 1.45. The number of carbonyl (C=O) groups excluding carboxylic acids is 1. The molecule has 2 nitrogen and oxygen atoms in total. The van der Waals surface area contributed by atoms with Crippen LogP contribution in [0, 0.1) is 5.82 Å². The second-order valence-corrected chi connectivity index (χ2v) is 1.95. The molecule has 0 fully saturated rings. The van der Waals surface area contributed by atoms with Crippen molar-refractivity contribution in [2.75, 3.05) is 7.11 Å². The van der Waals surface area contributed by atoms with Gasteiger partial charge in [-0.05, 0) is 18.2 Å². The van der Waals surface area contributed by atoms with Gasteiger partial charge in [0.15, 0.2) is 0 Å². The fraction of sp³-hybridized carbons (Fsp3) is 0.125. The van der Waals surface area contributed by atoms with Gasteiger partial charge in [0.05, 0.1) is 12.7 Å². The van der Waals surface area contributed by atoms with Crippen LogP contribution in [0.5, 0.6) is 5.75 Å². The van der Waals surface area contributed by atoms with E-state index in [1.54, 1.807) is 0 Å². The number of hydrogen-bond acceptors (Lipinski definition) is 2. The van der Waals surface area contributed by atoms with Crippen molar-refractivity contribution < 1.29 is 13.9 Å². The Bertz CT molecular complexity index is 271. The summed E-state index contributed by atoms with van der Waals surface area (Å²) in [6, 6.07) is 3.90. The number of rotatable bonds is 2. The predicted molar refractivity (Wildman–Crippen MR) is 37.7 cm³/mol. The third kappa shape index (κ3) is 1.55. The highest BCUT2D eigenvalue weighted by atomic mass is 19.1. The summed E-state index contributed by atoms with van der Waals surface area (Å²) >= 11 is 0. The molecule has 1 aromatic rings. The number of halogens is 1. The van der Waals surface area contributed by atoms with Gasteiger partial charge in [-0.25, -0.2) is 4.39 Å². The molecular weight excluding hydrogens is 147 g/mol. The maximum atomic E-state index is 12.6. The fourth-order valence-corrected chi connectivity index (χ4v) is 0.710. The van der Waals surface area contributed by atoms with Gasteiger partial charge in [-0.1, -0.05) is 0 Å². The first-order valence-electron chi connectivity index (χ1n) is 2.99. The summed E-state index contributed by atoms with van der Waals surface area (Å²) in [5, 5.41) is 0. The standard InChI is InChI=1S/C8H6FO2/c1-11-7-2-3-8(9)6(4-7)5-10/h2-4H,1H3. The highest BCUT2D eigenvalue weighted by molar-refractivity contribution is 5.76. The van der Waals surface area contributed by atoms with Crippen molar-refractivity contribution in [1.29, 1.82) is 0 Å². The summed E-state index contributed by atoms with van der Waals surface area (Å²) < 4.78 is 17.4. The molecule has 0 spiro atoms. The Morgan fingerprint density at radius 1 is 1.55 bits per heavy atom. The Labute approximate surface area is 63.6 Å². The summed E-state index contributed by atoms with van der Waals surface area (Å²) in [6.45, 7) is 0. The molecule has 0 saturated heterocycles. The average molecular weight is 153 g/mol. The van der Waals surface area contributed by atoms with Gasteiger partial charge < -0.3 is 4.74 Å². The van der Waals surface area contributed by atoms with Crippen LogP contribution in [-0.4, -0.2) is 13.4 Å². The third-order valence-corrected chi connectivity index (χ3v) is 1.28. The fourth-order valence-electron chi connectivity index (χ4n) is 0.710. The Morgan fingerprint density at radius 2 is 2.27 bits per heavy atom. The Kier molecular flexibility index (Phi) is 2.21. The lowest BCUT2D eigenvalue weighted by Gasteiger charge is -1.99. The highest BCUT2D eigenvalue weighted by Gasteiger charge is 2.02. The van der Waals surface area contributed by atoms with Crippen molar-refractivity contribution >= 4 is 6.29 Å². The number of ether oxygens (including phenoxy) is 1. The molecule has 0 N–H and O–H groups in total. The van der Waals surface area contributed by atoms with Crippen LogP contribution in [0.2, 0.25) is 0 Å².